The fourth-order valence-electron chi connectivity index (χ4n) is 5.08. The molecule has 2 heteroatoms. The summed E-state index contributed by atoms with van der Waals surface area (Å²) < 4.78 is 0. The monoisotopic (exact) mass is 349 g/mol. The van der Waals surface area contributed by atoms with Crippen molar-refractivity contribution in [2.45, 2.75) is 76.1 Å². The Bertz CT molecular complexity index is 695. The summed E-state index contributed by atoms with van der Waals surface area (Å²) in [5, 5.41) is 11.5. The van der Waals surface area contributed by atoms with E-state index in [-0.39, 0.29) is 0 Å². The van der Waals surface area contributed by atoms with E-state index in [4.69, 9.17) is 0 Å². The summed E-state index contributed by atoms with van der Waals surface area (Å²) in [5.74, 6) is 0. The first kappa shape index (κ1) is 17.8. The van der Waals surface area contributed by atoms with Crippen LogP contribution in [0.25, 0.3) is 0 Å². The number of aryl methyl sites for hydroxylation is 1. The third-order valence-electron chi connectivity index (χ3n) is 6.40. The highest BCUT2D eigenvalue weighted by atomic mass is 16.3. The molecule has 0 radical (unpaired) electrons. The largest absolute Gasteiger partial charge is 0.385 e. The molecular formula is C24H31NO. The van der Waals surface area contributed by atoms with Crippen LogP contribution in [0, 0.1) is 0 Å². The van der Waals surface area contributed by atoms with Crippen LogP contribution < -0.4 is 0 Å². The van der Waals surface area contributed by atoms with Crippen molar-refractivity contribution in [1.29, 1.82) is 0 Å². The number of piperidine rings is 2. The van der Waals surface area contributed by atoms with Crippen molar-refractivity contribution in [1.82, 2.24) is 4.90 Å². The second kappa shape index (κ2) is 7.54. The predicted octanol–water partition coefficient (Wildman–Crippen LogP) is 5.04. The molecule has 0 amide bonds. The molecule has 0 saturated carbocycles. The first-order chi connectivity index (χ1) is 12.7. The molecule has 2 saturated heterocycles. The Morgan fingerprint density at radius 2 is 1.58 bits per heavy atom. The van der Waals surface area contributed by atoms with Gasteiger partial charge < -0.3 is 5.11 Å². The van der Waals surface area contributed by atoms with Gasteiger partial charge in [0.15, 0.2) is 0 Å². The fraction of sp³-hybridized carbons (Fsp3) is 0.500. The summed E-state index contributed by atoms with van der Waals surface area (Å²) in [4.78, 5) is 2.67. The van der Waals surface area contributed by atoms with Gasteiger partial charge in [-0.05, 0) is 48.8 Å². The Kier molecular flexibility index (Phi) is 5.15. The summed E-state index contributed by atoms with van der Waals surface area (Å²) in [6, 6.07) is 20.5. The lowest BCUT2D eigenvalue weighted by atomic mass is 9.72. The van der Waals surface area contributed by atoms with Crippen molar-refractivity contribution in [2.75, 3.05) is 0 Å². The molecule has 1 N–H and O–H groups in total. The number of hydrogen-bond donors (Lipinski definition) is 1. The second-order valence-electron chi connectivity index (χ2n) is 8.28. The highest BCUT2D eigenvalue weighted by Crippen LogP contribution is 2.44. The number of aliphatic hydroxyl groups is 1. The number of nitrogens with zero attached hydrogens (tertiary/aromatic N) is 1. The molecule has 2 heterocycles. The lowest BCUT2D eigenvalue weighted by molar-refractivity contribution is -0.0999. The molecule has 26 heavy (non-hydrogen) atoms. The molecule has 2 aromatic rings. The Balaban J connectivity index is 1.53. The van der Waals surface area contributed by atoms with Gasteiger partial charge in [-0.3, -0.25) is 4.90 Å². The van der Waals surface area contributed by atoms with E-state index in [0.717, 1.165) is 31.4 Å². The van der Waals surface area contributed by atoms with Gasteiger partial charge in [-0.2, -0.15) is 0 Å². The van der Waals surface area contributed by atoms with E-state index in [0.29, 0.717) is 12.1 Å². The molecule has 2 fully saturated rings. The number of hydrogen-bond acceptors (Lipinski definition) is 2. The summed E-state index contributed by atoms with van der Waals surface area (Å²) in [6.07, 6.45) is 7.73. The van der Waals surface area contributed by atoms with E-state index < -0.39 is 5.60 Å². The zero-order chi connectivity index (χ0) is 18.0. The van der Waals surface area contributed by atoms with Crippen LogP contribution in [-0.4, -0.2) is 22.1 Å². The van der Waals surface area contributed by atoms with Gasteiger partial charge in [0.25, 0.3) is 0 Å². The Labute approximate surface area is 157 Å². The van der Waals surface area contributed by atoms with Crippen molar-refractivity contribution in [3.63, 3.8) is 0 Å². The van der Waals surface area contributed by atoms with Gasteiger partial charge >= 0.3 is 0 Å². The molecule has 2 aliphatic rings. The number of fused-ring (bicyclic) bond motifs is 2. The molecule has 2 aromatic carbocycles. The van der Waals surface area contributed by atoms with Crippen LogP contribution in [-0.2, 0) is 18.6 Å². The minimum absolute atomic E-state index is 0.489. The molecule has 2 atom stereocenters. The van der Waals surface area contributed by atoms with E-state index in [1.807, 2.05) is 0 Å². The van der Waals surface area contributed by atoms with Crippen LogP contribution in [0.15, 0.2) is 54.6 Å². The summed E-state index contributed by atoms with van der Waals surface area (Å²) >= 11 is 0. The first-order valence-corrected chi connectivity index (χ1v) is 10.3. The van der Waals surface area contributed by atoms with Crippen LogP contribution >= 0.6 is 0 Å². The van der Waals surface area contributed by atoms with Crippen molar-refractivity contribution in [3.8, 4) is 0 Å². The van der Waals surface area contributed by atoms with E-state index in [9.17, 15) is 5.11 Å². The number of benzene rings is 2. The minimum Gasteiger partial charge on any atom is -0.385 e. The fourth-order valence-corrected chi connectivity index (χ4v) is 5.08. The van der Waals surface area contributed by atoms with E-state index in [2.05, 4.69) is 66.4 Å². The minimum atomic E-state index is -0.659. The van der Waals surface area contributed by atoms with Gasteiger partial charge in [0.1, 0.15) is 0 Å². The highest BCUT2D eigenvalue weighted by Gasteiger charge is 2.46. The van der Waals surface area contributed by atoms with E-state index in [1.165, 1.54) is 36.8 Å². The van der Waals surface area contributed by atoms with Crippen LogP contribution in [0.4, 0.5) is 0 Å². The van der Waals surface area contributed by atoms with Gasteiger partial charge in [0, 0.05) is 18.6 Å². The van der Waals surface area contributed by atoms with Crippen molar-refractivity contribution in [3.05, 3.63) is 71.3 Å². The molecule has 2 bridgehead atoms. The second-order valence-corrected chi connectivity index (χ2v) is 8.28. The lowest BCUT2D eigenvalue weighted by Crippen LogP contribution is -2.56. The standard InChI is InChI=1S/C24H31NO/c1-2-7-19-12-14-21(15-13-19)24(26)16-22-10-6-11-23(17-24)25(22)18-20-8-4-3-5-9-20/h3-5,8-9,12-15,22-23,26H,2,6-7,10-11,16-18H2,1H3. The third-order valence-corrected chi connectivity index (χ3v) is 6.40. The molecule has 138 valence electrons. The van der Waals surface area contributed by atoms with Crippen molar-refractivity contribution in [2.24, 2.45) is 0 Å². The molecule has 0 aromatic heterocycles. The average Bonchev–Trinajstić information content (AvgIpc) is 2.64. The average molecular weight is 350 g/mol. The zero-order valence-corrected chi connectivity index (χ0v) is 15.9. The quantitative estimate of drug-likeness (QED) is 0.817. The topological polar surface area (TPSA) is 23.5 Å². The van der Waals surface area contributed by atoms with Crippen molar-refractivity contribution < 1.29 is 5.11 Å². The van der Waals surface area contributed by atoms with Crippen molar-refractivity contribution >= 4 is 0 Å². The molecule has 2 aliphatic heterocycles. The third kappa shape index (κ3) is 3.58. The molecule has 2 nitrogen and oxygen atoms in total. The van der Waals surface area contributed by atoms with Crippen LogP contribution in [0.3, 0.4) is 0 Å². The molecule has 2 unspecified atom stereocenters. The molecular weight excluding hydrogens is 318 g/mol. The normalized spacial score (nSPS) is 28.8. The Hall–Kier alpha value is -1.64. The van der Waals surface area contributed by atoms with Crippen LogP contribution in [0.5, 0.6) is 0 Å². The van der Waals surface area contributed by atoms with Gasteiger partial charge in [-0.1, -0.05) is 74.4 Å². The maximum Gasteiger partial charge on any atom is 0.0926 e. The van der Waals surface area contributed by atoms with Gasteiger partial charge in [0.05, 0.1) is 5.60 Å². The van der Waals surface area contributed by atoms with E-state index >= 15 is 0 Å². The SMILES string of the molecule is CCCc1ccc(C2(O)CC3CCCC(C2)N3Cc2ccccc2)cc1. The van der Waals surface area contributed by atoms with Gasteiger partial charge in [0.2, 0.25) is 0 Å². The van der Waals surface area contributed by atoms with E-state index in [1.54, 1.807) is 0 Å². The lowest BCUT2D eigenvalue weighted by Gasteiger charge is -2.52. The van der Waals surface area contributed by atoms with Crippen LogP contribution in [0.1, 0.15) is 62.1 Å². The molecule has 4 rings (SSSR count). The molecule has 0 aliphatic carbocycles. The number of rotatable bonds is 5. The van der Waals surface area contributed by atoms with Gasteiger partial charge in [-0.25, -0.2) is 0 Å². The zero-order valence-electron chi connectivity index (χ0n) is 15.9. The Morgan fingerprint density at radius 3 is 2.19 bits per heavy atom. The molecule has 0 spiro atoms. The van der Waals surface area contributed by atoms with Gasteiger partial charge in [-0.15, -0.1) is 0 Å². The highest BCUT2D eigenvalue weighted by molar-refractivity contribution is 5.29. The first-order valence-electron chi connectivity index (χ1n) is 10.3. The summed E-state index contributed by atoms with van der Waals surface area (Å²) in [5.41, 5.74) is 3.22. The predicted molar refractivity (Wildman–Crippen MR) is 107 cm³/mol. The summed E-state index contributed by atoms with van der Waals surface area (Å²) in [7, 11) is 0. The van der Waals surface area contributed by atoms with Crippen LogP contribution in [0.2, 0.25) is 0 Å². The maximum atomic E-state index is 11.5. The smallest absolute Gasteiger partial charge is 0.0926 e. The Morgan fingerprint density at radius 1 is 0.923 bits per heavy atom. The summed E-state index contributed by atoms with van der Waals surface area (Å²) in [6.45, 7) is 3.23. The maximum absolute atomic E-state index is 11.5.